The number of benzene rings is 4. The third-order valence-electron chi connectivity index (χ3n) is 6.16. The van der Waals surface area contributed by atoms with E-state index < -0.39 is 23.8 Å². The van der Waals surface area contributed by atoms with Crippen molar-refractivity contribution in [3.05, 3.63) is 126 Å². The van der Waals surface area contributed by atoms with Crippen LogP contribution in [0.5, 0.6) is 5.75 Å². The lowest BCUT2D eigenvalue weighted by atomic mass is 10.0. The average molecular weight is 523 g/mol. The van der Waals surface area contributed by atoms with Crippen molar-refractivity contribution in [2.24, 2.45) is 0 Å². The largest absolute Gasteiger partial charge is 0.489 e. The molecule has 0 saturated carbocycles. The quantitative estimate of drug-likeness (QED) is 0.237. The molecule has 0 heterocycles. The van der Waals surface area contributed by atoms with Gasteiger partial charge in [0.1, 0.15) is 18.4 Å². The number of carboxylic acids is 1. The first-order chi connectivity index (χ1) is 19.0. The van der Waals surface area contributed by atoms with Gasteiger partial charge < -0.3 is 20.5 Å². The maximum atomic E-state index is 12.9. The van der Waals surface area contributed by atoms with E-state index in [1.54, 1.807) is 12.1 Å². The van der Waals surface area contributed by atoms with Crippen molar-refractivity contribution < 1.29 is 24.2 Å². The lowest BCUT2D eigenvalue weighted by molar-refractivity contribution is -0.137. The second-order valence-corrected chi connectivity index (χ2v) is 9.04. The minimum atomic E-state index is -1.04. The minimum absolute atomic E-state index is 0.0154. The van der Waals surface area contributed by atoms with E-state index in [2.05, 4.69) is 10.6 Å². The summed E-state index contributed by atoms with van der Waals surface area (Å²) in [6.45, 7) is 0.769. The Bertz CT molecular complexity index is 1370. The predicted molar refractivity (Wildman–Crippen MR) is 149 cm³/mol. The molecule has 4 aromatic rings. The number of ether oxygens (including phenoxy) is 1. The SMILES string of the molecule is O=C(O)CC[C@H](NC(=O)c1ccc(-c2ccc(OCc3ccccc3)cc2)cc1)C(=O)NCc1ccccc1. The van der Waals surface area contributed by atoms with Gasteiger partial charge in [0.15, 0.2) is 0 Å². The Morgan fingerprint density at radius 2 is 1.28 bits per heavy atom. The van der Waals surface area contributed by atoms with E-state index in [1.807, 2.05) is 97.1 Å². The molecule has 0 aliphatic carbocycles. The van der Waals surface area contributed by atoms with E-state index in [0.29, 0.717) is 12.2 Å². The van der Waals surface area contributed by atoms with Crippen molar-refractivity contribution in [2.45, 2.75) is 32.0 Å². The minimum Gasteiger partial charge on any atom is -0.489 e. The van der Waals surface area contributed by atoms with Crippen LogP contribution in [0.1, 0.15) is 34.3 Å². The van der Waals surface area contributed by atoms with Crippen LogP contribution in [-0.2, 0) is 22.7 Å². The van der Waals surface area contributed by atoms with E-state index in [-0.39, 0.29) is 19.4 Å². The molecule has 4 aromatic carbocycles. The summed E-state index contributed by atoms with van der Waals surface area (Å²) < 4.78 is 5.84. The van der Waals surface area contributed by atoms with Crippen LogP contribution in [0, 0.1) is 0 Å². The third kappa shape index (κ3) is 8.30. The first kappa shape index (κ1) is 27.1. The van der Waals surface area contributed by atoms with Crippen molar-refractivity contribution in [1.82, 2.24) is 10.6 Å². The molecule has 0 radical (unpaired) electrons. The van der Waals surface area contributed by atoms with E-state index in [9.17, 15) is 14.4 Å². The molecule has 0 aliphatic heterocycles. The van der Waals surface area contributed by atoms with Crippen LogP contribution < -0.4 is 15.4 Å². The van der Waals surface area contributed by atoms with Crippen LogP contribution in [0.4, 0.5) is 0 Å². The Balaban J connectivity index is 1.35. The van der Waals surface area contributed by atoms with Crippen LogP contribution >= 0.6 is 0 Å². The van der Waals surface area contributed by atoms with Gasteiger partial charge in [-0.3, -0.25) is 14.4 Å². The third-order valence-corrected chi connectivity index (χ3v) is 6.16. The molecular weight excluding hydrogens is 492 g/mol. The van der Waals surface area contributed by atoms with Gasteiger partial charge in [0.2, 0.25) is 5.91 Å². The first-order valence-corrected chi connectivity index (χ1v) is 12.7. The molecule has 0 aliphatic rings. The van der Waals surface area contributed by atoms with Gasteiger partial charge >= 0.3 is 5.97 Å². The molecule has 0 spiro atoms. The molecule has 3 N–H and O–H groups in total. The monoisotopic (exact) mass is 522 g/mol. The molecule has 7 nitrogen and oxygen atoms in total. The summed E-state index contributed by atoms with van der Waals surface area (Å²) in [5.41, 5.74) is 4.26. The van der Waals surface area contributed by atoms with Crippen LogP contribution in [-0.4, -0.2) is 28.9 Å². The van der Waals surface area contributed by atoms with Crippen LogP contribution in [0.3, 0.4) is 0 Å². The zero-order valence-electron chi connectivity index (χ0n) is 21.4. The number of carbonyl (C=O) groups is 3. The van der Waals surface area contributed by atoms with Gasteiger partial charge in [0.05, 0.1) is 0 Å². The Hall–Kier alpha value is -4.91. The van der Waals surface area contributed by atoms with Crippen molar-refractivity contribution >= 4 is 17.8 Å². The fourth-order valence-corrected chi connectivity index (χ4v) is 3.99. The highest BCUT2D eigenvalue weighted by atomic mass is 16.5. The Labute approximate surface area is 227 Å². The molecule has 198 valence electrons. The van der Waals surface area contributed by atoms with Gasteiger partial charge in [0.25, 0.3) is 5.91 Å². The summed E-state index contributed by atoms with van der Waals surface area (Å²) in [6.07, 6.45) is -0.258. The second kappa shape index (κ2) is 13.6. The maximum Gasteiger partial charge on any atom is 0.303 e. The number of hydrogen-bond donors (Lipinski definition) is 3. The Kier molecular flexibility index (Phi) is 9.45. The molecule has 1 atom stereocenters. The number of hydrogen-bond acceptors (Lipinski definition) is 4. The number of carboxylic acid groups (broad SMARTS) is 1. The number of rotatable bonds is 12. The second-order valence-electron chi connectivity index (χ2n) is 9.04. The number of aliphatic carboxylic acids is 1. The summed E-state index contributed by atoms with van der Waals surface area (Å²) in [5, 5.41) is 14.6. The molecule has 0 unspecified atom stereocenters. The predicted octanol–water partition coefficient (Wildman–Crippen LogP) is 5.21. The summed E-state index contributed by atoms with van der Waals surface area (Å²) in [7, 11) is 0. The van der Waals surface area contributed by atoms with E-state index in [0.717, 1.165) is 28.0 Å². The van der Waals surface area contributed by atoms with Crippen molar-refractivity contribution in [3.8, 4) is 16.9 Å². The van der Waals surface area contributed by atoms with E-state index in [1.165, 1.54) is 0 Å². The summed E-state index contributed by atoms with van der Waals surface area (Å²) in [6, 6.07) is 33.1. The summed E-state index contributed by atoms with van der Waals surface area (Å²) in [4.78, 5) is 36.8. The van der Waals surface area contributed by atoms with Crippen LogP contribution in [0.2, 0.25) is 0 Å². The summed E-state index contributed by atoms with van der Waals surface area (Å²) >= 11 is 0. The van der Waals surface area contributed by atoms with Crippen molar-refractivity contribution in [1.29, 1.82) is 0 Å². The highest BCUT2D eigenvalue weighted by Gasteiger charge is 2.22. The fourth-order valence-electron chi connectivity index (χ4n) is 3.99. The number of amides is 2. The van der Waals surface area contributed by atoms with Gasteiger partial charge in [-0.1, -0.05) is 84.9 Å². The maximum absolute atomic E-state index is 12.9. The zero-order chi connectivity index (χ0) is 27.5. The van der Waals surface area contributed by atoms with Gasteiger partial charge in [0, 0.05) is 18.5 Å². The average Bonchev–Trinajstić information content (AvgIpc) is 2.98. The van der Waals surface area contributed by atoms with Crippen LogP contribution in [0.15, 0.2) is 109 Å². The van der Waals surface area contributed by atoms with Crippen molar-refractivity contribution in [3.63, 3.8) is 0 Å². The molecule has 0 bridgehead atoms. The molecule has 4 rings (SSSR count). The van der Waals surface area contributed by atoms with Gasteiger partial charge in [-0.2, -0.15) is 0 Å². The Morgan fingerprint density at radius 3 is 1.87 bits per heavy atom. The van der Waals surface area contributed by atoms with Crippen molar-refractivity contribution in [2.75, 3.05) is 0 Å². The van der Waals surface area contributed by atoms with E-state index >= 15 is 0 Å². The molecule has 0 saturated heterocycles. The highest BCUT2D eigenvalue weighted by Crippen LogP contribution is 2.23. The normalized spacial score (nSPS) is 11.3. The fraction of sp³-hybridized carbons (Fsp3) is 0.156. The lowest BCUT2D eigenvalue weighted by Crippen LogP contribution is -2.46. The van der Waals surface area contributed by atoms with Gasteiger partial charge in [-0.05, 0) is 52.9 Å². The summed E-state index contributed by atoms with van der Waals surface area (Å²) in [5.74, 6) is -1.15. The van der Waals surface area contributed by atoms with Crippen LogP contribution in [0.25, 0.3) is 11.1 Å². The molecule has 39 heavy (non-hydrogen) atoms. The molecule has 2 amide bonds. The molecule has 0 aromatic heterocycles. The topological polar surface area (TPSA) is 105 Å². The van der Waals surface area contributed by atoms with Gasteiger partial charge in [-0.15, -0.1) is 0 Å². The lowest BCUT2D eigenvalue weighted by Gasteiger charge is -2.18. The zero-order valence-corrected chi connectivity index (χ0v) is 21.4. The molecule has 0 fully saturated rings. The highest BCUT2D eigenvalue weighted by molar-refractivity contribution is 5.98. The number of carbonyl (C=O) groups excluding carboxylic acids is 2. The number of nitrogens with one attached hydrogen (secondary N) is 2. The smallest absolute Gasteiger partial charge is 0.303 e. The molecular formula is C32H30N2O5. The standard InChI is InChI=1S/C32H30N2O5/c35-30(36)20-19-29(32(38)33-21-23-7-3-1-4-8-23)34-31(37)27-13-11-25(12-14-27)26-15-17-28(18-16-26)39-22-24-9-5-2-6-10-24/h1-18,29H,19-22H2,(H,33,38)(H,34,37)(H,35,36)/t29-/m0/s1. The Morgan fingerprint density at radius 1 is 0.718 bits per heavy atom. The van der Waals surface area contributed by atoms with E-state index in [4.69, 9.17) is 9.84 Å². The first-order valence-electron chi connectivity index (χ1n) is 12.7. The molecule has 7 heteroatoms. The van der Waals surface area contributed by atoms with Gasteiger partial charge in [-0.25, -0.2) is 0 Å².